The van der Waals surface area contributed by atoms with Crippen molar-refractivity contribution in [2.75, 3.05) is 6.61 Å². The van der Waals surface area contributed by atoms with Crippen LogP contribution < -0.4 is 5.32 Å². The molecule has 0 saturated carbocycles. The Balaban J connectivity index is 3.61. The van der Waals surface area contributed by atoms with Crippen LogP contribution in [0.15, 0.2) is 48.6 Å². The average Bonchev–Trinajstić information content (AvgIpc) is 3.07. The maximum atomic E-state index is 12.3. The van der Waals surface area contributed by atoms with Gasteiger partial charge >= 0.3 is 0 Å². The summed E-state index contributed by atoms with van der Waals surface area (Å²) in [5.74, 6) is -0.0740. The van der Waals surface area contributed by atoms with Crippen molar-refractivity contribution >= 4 is 5.91 Å². The summed E-state index contributed by atoms with van der Waals surface area (Å²) in [6, 6.07) is -0.625. The fourth-order valence-electron chi connectivity index (χ4n) is 5.89. The predicted molar refractivity (Wildman–Crippen MR) is 207 cm³/mol. The topological polar surface area (TPSA) is 69.6 Å². The third-order valence-corrected chi connectivity index (χ3v) is 9.06. The molecular weight excluding hydrogens is 578 g/mol. The highest BCUT2D eigenvalue weighted by Gasteiger charge is 2.17. The quantitative estimate of drug-likeness (QED) is 0.0464. The normalized spacial score (nSPS) is 13.5. The molecule has 2 unspecified atom stereocenters. The zero-order chi connectivity index (χ0) is 34.3. The van der Waals surface area contributed by atoms with E-state index in [-0.39, 0.29) is 12.5 Å². The van der Waals surface area contributed by atoms with Gasteiger partial charge in [0.15, 0.2) is 0 Å². The molecule has 0 saturated heterocycles. The van der Waals surface area contributed by atoms with Crippen molar-refractivity contribution in [1.29, 1.82) is 0 Å². The van der Waals surface area contributed by atoms with Gasteiger partial charge in [0.05, 0.1) is 18.8 Å². The molecule has 4 nitrogen and oxygen atoms in total. The van der Waals surface area contributed by atoms with Crippen molar-refractivity contribution in [2.24, 2.45) is 0 Å². The lowest BCUT2D eigenvalue weighted by Crippen LogP contribution is -2.45. The minimum absolute atomic E-state index is 0.0740. The van der Waals surface area contributed by atoms with Gasteiger partial charge < -0.3 is 15.5 Å². The number of hydrogen-bond acceptors (Lipinski definition) is 3. The lowest BCUT2D eigenvalue weighted by atomic mass is 10.0. The van der Waals surface area contributed by atoms with Crippen molar-refractivity contribution < 1.29 is 15.0 Å². The number of unbranched alkanes of at least 4 members (excludes halogenated alkanes) is 23. The minimum atomic E-state index is -0.841. The van der Waals surface area contributed by atoms with Crippen LogP contribution in [0.3, 0.4) is 0 Å². The van der Waals surface area contributed by atoms with E-state index >= 15 is 0 Å². The summed E-state index contributed by atoms with van der Waals surface area (Å²) in [5, 5.41) is 22.9. The highest BCUT2D eigenvalue weighted by Crippen LogP contribution is 2.13. The third kappa shape index (κ3) is 35.5. The number of carbonyl (C=O) groups is 1. The van der Waals surface area contributed by atoms with E-state index in [1.54, 1.807) is 6.08 Å². The molecular formula is C43H79NO3. The van der Waals surface area contributed by atoms with Gasteiger partial charge in [-0.25, -0.2) is 0 Å². The Hall–Kier alpha value is -1.65. The first-order valence-electron chi connectivity index (χ1n) is 20.4. The van der Waals surface area contributed by atoms with E-state index in [0.717, 1.165) is 38.5 Å². The van der Waals surface area contributed by atoms with E-state index in [1.165, 1.54) is 141 Å². The summed E-state index contributed by atoms with van der Waals surface area (Å²) in [6.45, 7) is 4.28. The molecule has 1 amide bonds. The molecule has 0 fully saturated rings. The van der Waals surface area contributed by atoms with Gasteiger partial charge in [-0.15, -0.1) is 0 Å². The Kier molecular flexibility index (Phi) is 37.4. The zero-order valence-corrected chi connectivity index (χ0v) is 31.3. The number of hydrogen-bond donors (Lipinski definition) is 3. The van der Waals surface area contributed by atoms with E-state index in [1.807, 2.05) is 6.08 Å². The van der Waals surface area contributed by atoms with E-state index in [4.69, 9.17) is 0 Å². The maximum absolute atomic E-state index is 12.3. The molecule has 0 aliphatic heterocycles. The summed E-state index contributed by atoms with van der Waals surface area (Å²) >= 11 is 0. The predicted octanol–water partition coefficient (Wildman–Crippen LogP) is 12.4. The minimum Gasteiger partial charge on any atom is -0.394 e. The molecule has 0 heterocycles. The molecule has 2 atom stereocenters. The van der Waals surface area contributed by atoms with Crippen LogP contribution in [-0.4, -0.2) is 34.9 Å². The number of amides is 1. The number of allylic oxidation sites excluding steroid dienone is 7. The van der Waals surface area contributed by atoms with Gasteiger partial charge in [-0.1, -0.05) is 184 Å². The molecule has 0 radical (unpaired) electrons. The Morgan fingerprint density at radius 3 is 1.30 bits per heavy atom. The standard InChI is InChI=1S/C43H79NO3/c1-3-5-7-9-11-13-15-17-18-19-20-21-22-23-24-25-26-27-29-31-33-35-37-39-43(47)44-41(40-45)42(46)38-36-34-32-30-28-16-14-12-10-8-6-4-2/h15,17,19-20,22-23,36,38,41-42,45-46H,3-14,16,18,21,24-35,37,39-40H2,1-2H3,(H,44,47)/b17-15-,20-19-,23-22-,38-36+. The zero-order valence-electron chi connectivity index (χ0n) is 31.3. The first kappa shape index (κ1) is 45.3. The molecule has 0 aliphatic rings. The van der Waals surface area contributed by atoms with Crippen molar-refractivity contribution in [1.82, 2.24) is 5.32 Å². The van der Waals surface area contributed by atoms with Gasteiger partial charge in [0.25, 0.3) is 0 Å². The van der Waals surface area contributed by atoms with Crippen LogP contribution in [0.25, 0.3) is 0 Å². The fourth-order valence-corrected chi connectivity index (χ4v) is 5.89. The van der Waals surface area contributed by atoms with Gasteiger partial charge in [0.2, 0.25) is 5.91 Å². The number of carbonyl (C=O) groups excluding carboxylic acids is 1. The Labute approximate surface area is 293 Å². The molecule has 0 aromatic rings. The number of aliphatic hydroxyl groups excluding tert-OH is 2. The molecule has 3 N–H and O–H groups in total. The molecule has 0 aliphatic carbocycles. The Bertz CT molecular complexity index is 756. The van der Waals surface area contributed by atoms with Crippen LogP contribution in [0.4, 0.5) is 0 Å². The van der Waals surface area contributed by atoms with Gasteiger partial charge in [-0.2, -0.15) is 0 Å². The second-order valence-corrected chi connectivity index (χ2v) is 13.7. The molecule has 0 aromatic heterocycles. The van der Waals surface area contributed by atoms with Crippen LogP contribution in [0.5, 0.6) is 0 Å². The van der Waals surface area contributed by atoms with Crippen LogP contribution in [-0.2, 0) is 4.79 Å². The highest BCUT2D eigenvalue weighted by atomic mass is 16.3. The van der Waals surface area contributed by atoms with Crippen LogP contribution in [0, 0.1) is 0 Å². The molecule has 47 heavy (non-hydrogen) atoms. The van der Waals surface area contributed by atoms with Crippen LogP contribution in [0.2, 0.25) is 0 Å². The summed E-state index contributed by atoms with van der Waals surface area (Å²) in [5.41, 5.74) is 0. The van der Waals surface area contributed by atoms with Crippen LogP contribution >= 0.6 is 0 Å². The lowest BCUT2D eigenvalue weighted by Gasteiger charge is -2.20. The van der Waals surface area contributed by atoms with Crippen molar-refractivity contribution in [3.05, 3.63) is 48.6 Å². The molecule has 0 spiro atoms. The smallest absolute Gasteiger partial charge is 0.220 e. The van der Waals surface area contributed by atoms with Gasteiger partial charge in [0, 0.05) is 6.42 Å². The average molecular weight is 658 g/mol. The number of rotatable bonds is 36. The monoisotopic (exact) mass is 658 g/mol. The molecule has 0 bridgehead atoms. The Morgan fingerprint density at radius 1 is 0.511 bits per heavy atom. The second kappa shape index (κ2) is 38.8. The van der Waals surface area contributed by atoms with Crippen molar-refractivity contribution in [3.63, 3.8) is 0 Å². The van der Waals surface area contributed by atoms with E-state index in [9.17, 15) is 15.0 Å². The van der Waals surface area contributed by atoms with E-state index in [0.29, 0.717) is 6.42 Å². The highest BCUT2D eigenvalue weighted by molar-refractivity contribution is 5.76. The van der Waals surface area contributed by atoms with Gasteiger partial charge in [0.1, 0.15) is 0 Å². The van der Waals surface area contributed by atoms with Gasteiger partial charge in [-0.05, 0) is 57.8 Å². The van der Waals surface area contributed by atoms with Gasteiger partial charge in [-0.3, -0.25) is 4.79 Å². The van der Waals surface area contributed by atoms with Crippen molar-refractivity contribution in [2.45, 2.75) is 212 Å². The first-order valence-corrected chi connectivity index (χ1v) is 20.4. The fraction of sp³-hybridized carbons (Fsp3) is 0.791. The molecule has 274 valence electrons. The van der Waals surface area contributed by atoms with E-state index < -0.39 is 12.1 Å². The van der Waals surface area contributed by atoms with Crippen LogP contribution in [0.1, 0.15) is 200 Å². The largest absolute Gasteiger partial charge is 0.394 e. The second-order valence-electron chi connectivity index (χ2n) is 13.7. The lowest BCUT2D eigenvalue weighted by molar-refractivity contribution is -0.123. The summed E-state index contributed by atoms with van der Waals surface area (Å²) < 4.78 is 0. The molecule has 0 rings (SSSR count). The summed E-state index contributed by atoms with van der Waals surface area (Å²) in [6.07, 6.45) is 52.0. The van der Waals surface area contributed by atoms with Crippen molar-refractivity contribution in [3.8, 4) is 0 Å². The first-order chi connectivity index (χ1) is 23.2. The number of aliphatic hydroxyl groups is 2. The summed E-state index contributed by atoms with van der Waals surface area (Å²) in [7, 11) is 0. The SMILES string of the molecule is CCCCCCC/C=C\C/C=C\C/C=C\CCCCCCCCCCC(=O)NC(CO)C(O)/C=C/CCCCCCCCCCCC. The maximum Gasteiger partial charge on any atom is 0.220 e. The number of nitrogens with one attached hydrogen (secondary N) is 1. The summed E-state index contributed by atoms with van der Waals surface area (Å²) in [4.78, 5) is 12.3. The van der Waals surface area contributed by atoms with E-state index in [2.05, 4.69) is 55.6 Å². The Morgan fingerprint density at radius 2 is 0.872 bits per heavy atom. The molecule has 0 aromatic carbocycles. The third-order valence-electron chi connectivity index (χ3n) is 9.06. The molecule has 4 heteroatoms.